The van der Waals surface area contributed by atoms with E-state index in [1.165, 1.54) is 0 Å². The van der Waals surface area contributed by atoms with Crippen molar-refractivity contribution in [2.24, 2.45) is 0 Å². The summed E-state index contributed by atoms with van der Waals surface area (Å²) >= 11 is 0. The largest absolute Gasteiger partial charge is 0.497 e. The van der Waals surface area contributed by atoms with Crippen molar-refractivity contribution in [3.05, 3.63) is 24.3 Å². The van der Waals surface area contributed by atoms with Crippen LogP contribution in [0.2, 0.25) is 0 Å². The number of piperazine rings is 1. The molecular weight excluding hydrogens is 308 g/mol. The normalized spacial score (nSPS) is 24.8. The van der Waals surface area contributed by atoms with Gasteiger partial charge < -0.3 is 19.3 Å². The summed E-state index contributed by atoms with van der Waals surface area (Å²) in [6, 6.07) is 7.38. The first kappa shape index (κ1) is 16.8. The van der Waals surface area contributed by atoms with Gasteiger partial charge in [0, 0.05) is 25.4 Å². The van der Waals surface area contributed by atoms with Crippen molar-refractivity contribution in [1.29, 1.82) is 0 Å². The van der Waals surface area contributed by atoms with Gasteiger partial charge in [-0.05, 0) is 50.5 Å². The number of benzene rings is 1. The molecule has 2 aliphatic heterocycles. The first-order chi connectivity index (χ1) is 11.5. The molecule has 0 aromatic heterocycles. The van der Waals surface area contributed by atoms with Gasteiger partial charge in [-0.1, -0.05) is 0 Å². The van der Waals surface area contributed by atoms with Gasteiger partial charge in [-0.2, -0.15) is 0 Å². The number of ether oxygens (including phenoxy) is 2. The van der Waals surface area contributed by atoms with Gasteiger partial charge in [-0.25, -0.2) is 0 Å². The zero-order valence-electron chi connectivity index (χ0n) is 14.3. The molecule has 2 saturated heterocycles. The number of amides is 2. The average molecular weight is 332 g/mol. The minimum atomic E-state index is -0.777. The van der Waals surface area contributed by atoms with Crippen LogP contribution < -0.4 is 9.64 Å². The van der Waals surface area contributed by atoms with E-state index in [1.54, 1.807) is 16.9 Å². The monoisotopic (exact) mass is 332 g/mol. The van der Waals surface area contributed by atoms with Gasteiger partial charge in [-0.15, -0.1) is 0 Å². The van der Waals surface area contributed by atoms with E-state index in [0.29, 0.717) is 19.7 Å². The number of hydrogen-bond donors (Lipinski definition) is 0. The van der Waals surface area contributed by atoms with E-state index in [2.05, 4.69) is 0 Å². The molecule has 6 heteroatoms. The molecule has 1 aromatic rings. The minimum Gasteiger partial charge on any atom is -0.497 e. The van der Waals surface area contributed by atoms with Crippen molar-refractivity contribution >= 4 is 17.5 Å². The fraction of sp³-hybridized carbons (Fsp3) is 0.556. The van der Waals surface area contributed by atoms with Crippen LogP contribution in [0.1, 0.15) is 26.2 Å². The zero-order chi connectivity index (χ0) is 17.2. The first-order valence-electron chi connectivity index (χ1n) is 8.41. The predicted molar refractivity (Wildman–Crippen MR) is 90.1 cm³/mol. The van der Waals surface area contributed by atoms with Gasteiger partial charge in [0.15, 0.2) is 0 Å². The van der Waals surface area contributed by atoms with Crippen molar-refractivity contribution in [1.82, 2.24) is 4.90 Å². The van der Waals surface area contributed by atoms with Gasteiger partial charge in [0.05, 0.1) is 7.11 Å². The summed E-state index contributed by atoms with van der Waals surface area (Å²) in [4.78, 5) is 28.6. The molecule has 1 atom stereocenters. The van der Waals surface area contributed by atoms with Crippen LogP contribution >= 0.6 is 0 Å². The second kappa shape index (κ2) is 6.81. The third-order valence-electron chi connectivity index (χ3n) is 4.81. The smallest absolute Gasteiger partial charge is 0.255 e. The standard InChI is InChI=1S/C18H24N2O4/c1-18(9-3-4-12-24-18)17(22)19-10-11-20(16(21)13-19)14-5-7-15(23-2)8-6-14/h5-8H,3-4,9-13H2,1-2H3. The molecule has 3 rings (SSSR count). The van der Waals surface area contributed by atoms with Gasteiger partial charge in [0.1, 0.15) is 17.9 Å². The van der Waals surface area contributed by atoms with E-state index in [0.717, 1.165) is 30.7 Å². The summed E-state index contributed by atoms with van der Waals surface area (Å²) in [5, 5.41) is 0. The number of carbonyl (C=O) groups is 2. The molecule has 0 bridgehead atoms. The number of nitrogens with zero attached hydrogens (tertiary/aromatic N) is 2. The van der Waals surface area contributed by atoms with E-state index in [4.69, 9.17) is 9.47 Å². The van der Waals surface area contributed by atoms with Crippen molar-refractivity contribution in [3.8, 4) is 5.75 Å². The Hall–Kier alpha value is -2.08. The van der Waals surface area contributed by atoms with Crippen molar-refractivity contribution in [2.45, 2.75) is 31.8 Å². The molecule has 24 heavy (non-hydrogen) atoms. The predicted octanol–water partition coefficient (Wildman–Crippen LogP) is 1.83. The lowest BCUT2D eigenvalue weighted by Gasteiger charge is -2.40. The summed E-state index contributed by atoms with van der Waals surface area (Å²) < 4.78 is 10.9. The Morgan fingerprint density at radius 2 is 1.96 bits per heavy atom. The third kappa shape index (κ3) is 3.24. The topological polar surface area (TPSA) is 59.1 Å². The molecule has 0 N–H and O–H groups in total. The van der Waals surface area contributed by atoms with Crippen LogP contribution in [0.25, 0.3) is 0 Å². The van der Waals surface area contributed by atoms with Gasteiger partial charge in [0.2, 0.25) is 5.91 Å². The van der Waals surface area contributed by atoms with Crippen LogP contribution in [0, 0.1) is 0 Å². The van der Waals surface area contributed by atoms with Crippen molar-refractivity contribution < 1.29 is 19.1 Å². The fourth-order valence-corrected chi connectivity index (χ4v) is 3.32. The Kier molecular flexibility index (Phi) is 4.76. The molecule has 130 valence electrons. The summed E-state index contributed by atoms with van der Waals surface area (Å²) in [6.45, 7) is 3.57. The van der Waals surface area contributed by atoms with E-state index in [-0.39, 0.29) is 18.4 Å². The third-order valence-corrected chi connectivity index (χ3v) is 4.81. The molecule has 0 aliphatic carbocycles. The Morgan fingerprint density at radius 3 is 2.54 bits per heavy atom. The minimum absolute atomic E-state index is 0.0649. The SMILES string of the molecule is COc1ccc(N2CCN(C(=O)C3(C)CCCCO3)CC2=O)cc1. The fourth-order valence-electron chi connectivity index (χ4n) is 3.32. The number of hydrogen-bond acceptors (Lipinski definition) is 4. The van der Waals surface area contributed by atoms with E-state index >= 15 is 0 Å². The van der Waals surface area contributed by atoms with E-state index < -0.39 is 5.60 Å². The molecule has 6 nitrogen and oxygen atoms in total. The maximum absolute atomic E-state index is 12.8. The number of methoxy groups -OCH3 is 1. The number of anilines is 1. The van der Waals surface area contributed by atoms with Crippen LogP contribution in [-0.2, 0) is 14.3 Å². The molecule has 2 amide bonds. The lowest BCUT2D eigenvalue weighted by atomic mass is 9.94. The second-order valence-corrected chi connectivity index (χ2v) is 6.51. The quantitative estimate of drug-likeness (QED) is 0.847. The van der Waals surface area contributed by atoms with Crippen LogP contribution in [0.4, 0.5) is 5.69 Å². The summed E-state index contributed by atoms with van der Waals surface area (Å²) in [7, 11) is 1.61. The van der Waals surface area contributed by atoms with Gasteiger partial charge in [-0.3, -0.25) is 9.59 Å². The summed E-state index contributed by atoms with van der Waals surface area (Å²) in [5.74, 6) is 0.617. The molecule has 2 aliphatic rings. The molecule has 0 saturated carbocycles. The summed E-state index contributed by atoms with van der Waals surface area (Å²) in [5.41, 5.74) is 0.0499. The highest BCUT2D eigenvalue weighted by Crippen LogP contribution is 2.28. The van der Waals surface area contributed by atoms with Crippen LogP contribution in [0.15, 0.2) is 24.3 Å². The van der Waals surface area contributed by atoms with E-state index in [1.807, 2.05) is 31.2 Å². The molecule has 0 spiro atoms. The van der Waals surface area contributed by atoms with Crippen molar-refractivity contribution in [3.63, 3.8) is 0 Å². The molecule has 2 heterocycles. The maximum Gasteiger partial charge on any atom is 0.255 e. The average Bonchev–Trinajstić information content (AvgIpc) is 2.62. The lowest BCUT2D eigenvalue weighted by Crippen LogP contribution is -2.58. The maximum atomic E-state index is 12.8. The first-order valence-corrected chi connectivity index (χ1v) is 8.41. The highest BCUT2D eigenvalue weighted by Gasteiger charge is 2.41. The van der Waals surface area contributed by atoms with E-state index in [9.17, 15) is 9.59 Å². The summed E-state index contributed by atoms with van der Waals surface area (Å²) in [6.07, 6.45) is 2.70. The highest BCUT2D eigenvalue weighted by atomic mass is 16.5. The lowest BCUT2D eigenvalue weighted by molar-refractivity contribution is -0.163. The van der Waals surface area contributed by atoms with Crippen LogP contribution in [-0.4, -0.2) is 55.7 Å². The Labute approximate surface area is 142 Å². The second-order valence-electron chi connectivity index (χ2n) is 6.51. The number of rotatable bonds is 3. The number of carbonyl (C=O) groups excluding carboxylic acids is 2. The van der Waals surface area contributed by atoms with Gasteiger partial charge in [0.25, 0.3) is 5.91 Å². The van der Waals surface area contributed by atoms with Crippen LogP contribution in [0.5, 0.6) is 5.75 Å². The Bertz CT molecular complexity index is 608. The van der Waals surface area contributed by atoms with Crippen molar-refractivity contribution in [2.75, 3.05) is 38.3 Å². The molecule has 0 radical (unpaired) electrons. The Morgan fingerprint density at radius 1 is 1.21 bits per heavy atom. The molecule has 2 fully saturated rings. The highest BCUT2D eigenvalue weighted by molar-refractivity contribution is 5.99. The molecule has 1 unspecified atom stereocenters. The molecular formula is C18H24N2O4. The Balaban J connectivity index is 1.66. The molecule has 1 aromatic carbocycles. The zero-order valence-corrected chi connectivity index (χ0v) is 14.3. The van der Waals surface area contributed by atoms with Crippen LogP contribution in [0.3, 0.4) is 0 Å². The van der Waals surface area contributed by atoms with Gasteiger partial charge >= 0.3 is 0 Å².